The lowest BCUT2D eigenvalue weighted by atomic mass is 10.3. The number of hydrogen-bond donors (Lipinski definition) is 2. The van der Waals surface area contributed by atoms with E-state index in [-0.39, 0.29) is 6.61 Å². The van der Waals surface area contributed by atoms with Crippen LogP contribution < -0.4 is 15.4 Å². The van der Waals surface area contributed by atoms with Gasteiger partial charge in [0.15, 0.2) is 5.01 Å². The van der Waals surface area contributed by atoms with Crippen LogP contribution in [-0.4, -0.2) is 16.2 Å². The first-order chi connectivity index (χ1) is 12.1. The van der Waals surface area contributed by atoms with Gasteiger partial charge in [0.05, 0.1) is 0 Å². The number of benzene rings is 2. The van der Waals surface area contributed by atoms with Crippen LogP contribution in [0.5, 0.6) is 5.75 Å². The Morgan fingerprint density at radius 3 is 2.72 bits per heavy atom. The van der Waals surface area contributed by atoms with E-state index in [0.29, 0.717) is 20.8 Å². The van der Waals surface area contributed by atoms with Crippen LogP contribution in [0.25, 0.3) is 0 Å². The normalized spacial score (nSPS) is 10.3. The summed E-state index contributed by atoms with van der Waals surface area (Å²) in [5.74, 6) is 0.728. The highest BCUT2D eigenvalue weighted by atomic mass is 79.9. The third kappa shape index (κ3) is 5.42. The Balaban J connectivity index is 1.52. The zero-order chi connectivity index (χ0) is 17.6. The molecule has 25 heavy (non-hydrogen) atoms. The maximum atomic E-state index is 12.0. The van der Waals surface area contributed by atoms with Crippen LogP contribution in [-0.2, 0) is 6.61 Å². The average molecular weight is 440 g/mol. The van der Waals surface area contributed by atoms with E-state index in [4.69, 9.17) is 16.3 Å². The van der Waals surface area contributed by atoms with Crippen molar-refractivity contribution in [3.05, 3.63) is 63.0 Å². The second-order valence-corrected chi connectivity index (χ2v) is 7.25. The van der Waals surface area contributed by atoms with Crippen LogP contribution in [0.15, 0.2) is 53.0 Å². The third-order valence-corrected chi connectivity index (χ3v) is 4.52. The topological polar surface area (TPSA) is 76.1 Å². The van der Waals surface area contributed by atoms with E-state index in [0.717, 1.165) is 10.2 Å². The van der Waals surface area contributed by atoms with Gasteiger partial charge in [0, 0.05) is 15.2 Å². The second-order valence-electron chi connectivity index (χ2n) is 4.83. The predicted octanol–water partition coefficient (Wildman–Crippen LogP) is 5.18. The minimum absolute atomic E-state index is 0.275. The van der Waals surface area contributed by atoms with E-state index in [9.17, 15) is 4.79 Å². The highest BCUT2D eigenvalue weighted by molar-refractivity contribution is 9.10. The average Bonchev–Trinajstić information content (AvgIpc) is 3.01. The summed E-state index contributed by atoms with van der Waals surface area (Å²) in [4.78, 5) is 12.0. The van der Waals surface area contributed by atoms with Crippen LogP contribution in [0.1, 0.15) is 5.01 Å². The summed E-state index contributed by atoms with van der Waals surface area (Å²) in [7, 11) is 0. The number of anilines is 2. The Labute approximate surface area is 161 Å². The molecule has 0 radical (unpaired) electrons. The van der Waals surface area contributed by atoms with Gasteiger partial charge in [-0.15, -0.1) is 10.2 Å². The third-order valence-electron chi connectivity index (χ3n) is 2.95. The summed E-state index contributed by atoms with van der Waals surface area (Å²) < 4.78 is 6.60. The highest BCUT2D eigenvalue weighted by Crippen LogP contribution is 2.20. The summed E-state index contributed by atoms with van der Waals surface area (Å²) >= 11 is 10.5. The van der Waals surface area contributed by atoms with Crippen LogP contribution in [0.2, 0.25) is 5.02 Å². The lowest BCUT2D eigenvalue weighted by Gasteiger charge is -2.05. The molecule has 0 saturated heterocycles. The number of nitrogens with zero attached hydrogens (tertiary/aromatic N) is 2. The Kier molecular flexibility index (Phi) is 5.85. The zero-order valence-corrected chi connectivity index (χ0v) is 15.9. The van der Waals surface area contributed by atoms with E-state index >= 15 is 0 Å². The molecular formula is C16H12BrClN4O2S. The maximum Gasteiger partial charge on any atom is 0.325 e. The van der Waals surface area contributed by atoms with Crippen LogP contribution in [0.4, 0.5) is 15.6 Å². The molecule has 1 heterocycles. The smallest absolute Gasteiger partial charge is 0.325 e. The lowest BCUT2D eigenvalue weighted by Crippen LogP contribution is -2.19. The predicted molar refractivity (Wildman–Crippen MR) is 102 cm³/mol. The van der Waals surface area contributed by atoms with E-state index in [1.165, 1.54) is 11.3 Å². The minimum atomic E-state index is -0.418. The largest absolute Gasteiger partial charge is 0.486 e. The van der Waals surface area contributed by atoms with E-state index in [1.54, 1.807) is 24.3 Å². The highest BCUT2D eigenvalue weighted by Gasteiger charge is 2.09. The van der Waals surface area contributed by atoms with Crippen molar-refractivity contribution in [3.8, 4) is 5.75 Å². The SMILES string of the molecule is O=C(Nc1cccc(Cl)c1)Nc1nnc(COc2ccc(Br)cc2)s1. The number of rotatable bonds is 5. The molecule has 2 amide bonds. The van der Waals surface area contributed by atoms with Gasteiger partial charge in [0.25, 0.3) is 0 Å². The fourth-order valence-corrected chi connectivity index (χ4v) is 2.97. The molecule has 1 aromatic heterocycles. The number of halogens is 2. The molecule has 0 atom stereocenters. The molecule has 0 unspecified atom stereocenters. The van der Waals surface area contributed by atoms with Gasteiger partial charge in [-0.05, 0) is 42.5 Å². The molecule has 3 aromatic rings. The van der Waals surface area contributed by atoms with Gasteiger partial charge in [-0.25, -0.2) is 4.79 Å². The fraction of sp³-hybridized carbons (Fsp3) is 0.0625. The molecule has 3 rings (SSSR count). The monoisotopic (exact) mass is 438 g/mol. The van der Waals surface area contributed by atoms with Crippen LogP contribution >= 0.6 is 38.9 Å². The summed E-state index contributed by atoms with van der Waals surface area (Å²) in [6.07, 6.45) is 0. The molecule has 0 saturated carbocycles. The Morgan fingerprint density at radius 2 is 1.96 bits per heavy atom. The zero-order valence-electron chi connectivity index (χ0n) is 12.7. The molecule has 0 aliphatic heterocycles. The number of carbonyl (C=O) groups is 1. The van der Waals surface area contributed by atoms with Gasteiger partial charge < -0.3 is 10.1 Å². The molecule has 0 fully saturated rings. The molecule has 2 aromatic carbocycles. The molecule has 0 spiro atoms. The summed E-state index contributed by atoms with van der Waals surface area (Å²) in [6.45, 7) is 0.275. The van der Waals surface area contributed by atoms with Gasteiger partial charge in [-0.3, -0.25) is 5.32 Å². The Morgan fingerprint density at radius 1 is 1.16 bits per heavy atom. The lowest BCUT2D eigenvalue weighted by molar-refractivity contribution is 0.262. The first-order valence-corrected chi connectivity index (χ1v) is 9.11. The molecule has 2 N–H and O–H groups in total. The number of urea groups is 1. The number of carbonyl (C=O) groups excluding carboxylic acids is 1. The second kappa shape index (κ2) is 8.28. The van der Waals surface area contributed by atoms with Crippen molar-refractivity contribution in [2.75, 3.05) is 10.6 Å². The molecule has 128 valence electrons. The quantitative estimate of drug-likeness (QED) is 0.574. The minimum Gasteiger partial charge on any atom is -0.486 e. The van der Waals surface area contributed by atoms with E-state index in [1.807, 2.05) is 24.3 Å². The molecule has 9 heteroatoms. The van der Waals surface area contributed by atoms with Crippen LogP contribution in [0, 0.1) is 0 Å². The first-order valence-electron chi connectivity index (χ1n) is 7.13. The van der Waals surface area contributed by atoms with Crippen molar-refractivity contribution in [1.29, 1.82) is 0 Å². The van der Waals surface area contributed by atoms with Gasteiger partial charge in [-0.2, -0.15) is 0 Å². The number of ether oxygens (including phenoxy) is 1. The Bertz CT molecular complexity index is 873. The number of hydrogen-bond acceptors (Lipinski definition) is 5. The van der Waals surface area contributed by atoms with Crippen molar-refractivity contribution in [3.63, 3.8) is 0 Å². The summed E-state index contributed by atoms with van der Waals surface area (Å²) in [5.41, 5.74) is 0.591. The molecular weight excluding hydrogens is 428 g/mol. The summed E-state index contributed by atoms with van der Waals surface area (Å²) in [6, 6.07) is 13.9. The van der Waals surface area contributed by atoms with E-state index < -0.39 is 6.03 Å². The van der Waals surface area contributed by atoms with Crippen molar-refractivity contribution in [2.45, 2.75) is 6.61 Å². The van der Waals surface area contributed by atoms with Crippen molar-refractivity contribution in [1.82, 2.24) is 10.2 Å². The number of amides is 2. The van der Waals surface area contributed by atoms with Crippen LogP contribution in [0.3, 0.4) is 0 Å². The standard InChI is InChI=1S/C16H12BrClN4O2S/c17-10-4-6-13(7-5-10)24-9-14-21-22-16(25-14)20-15(23)19-12-3-1-2-11(18)8-12/h1-8H,9H2,(H2,19,20,22,23). The van der Waals surface area contributed by atoms with Gasteiger partial charge in [0.1, 0.15) is 12.4 Å². The van der Waals surface area contributed by atoms with Crippen molar-refractivity contribution < 1.29 is 9.53 Å². The van der Waals surface area contributed by atoms with Gasteiger partial charge >= 0.3 is 6.03 Å². The Hall–Kier alpha value is -2.16. The van der Waals surface area contributed by atoms with Gasteiger partial charge in [-0.1, -0.05) is 44.9 Å². The summed E-state index contributed by atoms with van der Waals surface area (Å²) in [5, 5.41) is 14.8. The van der Waals surface area contributed by atoms with Crippen molar-refractivity contribution in [2.24, 2.45) is 0 Å². The fourth-order valence-electron chi connectivity index (χ4n) is 1.86. The number of aromatic nitrogens is 2. The van der Waals surface area contributed by atoms with Crippen molar-refractivity contribution >= 4 is 55.7 Å². The number of nitrogens with one attached hydrogen (secondary N) is 2. The molecule has 6 nitrogen and oxygen atoms in total. The molecule has 0 bridgehead atoms. The molecule has 0 aliphatic carbocycles. The maximum absolute atomic E-state index is 12.0. The van der Waals surface area contributed by atoms with Gasteiger partial charge in [0.2, 0.25) is 5.13 Å². The first kappa shape index (κ1) is 17.7. The molecule has 0 aliphatic rings. The van der Waals surface area contributed by atoms with E-state index in [2.05, 4.69) is 36.8 Å².